The third kappa shape index (κ3) is 4.43. The molecule has 0 radical (unpaired) electrons. The summed E-state index contributed by atoms with van der Waals surface area (Å²) < 4.78 is 26.8. The van der Waals surface area contributed by atoms with E-state index in [4.69, 9.17) is 5.73 Å². The van der Waals surface area contributed by atoms with Crippen LogP contribution in [0.4, 0.5) is 8.78 Å². The van der Waals surface area contributed by atoms with E-state index >= 15 is 0 Å². The molecule has 0 saturated heterocycles. The summed E-state index contributed by atoms with van der Waals surface area (Å²) in [6.07, 6.45) is 6.22. The molecular formula is C14H21F2N. The SMILES string of the molecule is CCCCCCCC(N)c1c(F)cccc1F. The van der Waals surface area contributed by atoms with Crippen molar-refractivity contribution in [3.8, 4) is 0 Å². The van der Waals surface area contributed by atoms with Gasteiger partial charge in [-0.15, -0.1) is 0 Å². The molecule has 0 bridgehead atoms. The molecule has 96 valence electrons. The Bertz CT molecular complexity index is 319. The van der Waals surface area contributed by atoms with Crippen LogP contribution in [0.3, 0.4) is 0 Å². The summed E-state index contributed by atoms with van der Waals surface area (Å²) in [6, 6.07) is 3.35. The van der Waals surface area contributed by atoms with Gasteiger partial charge in [0.05, 0.1) is 0 Å². The Morgan fingerprint density at radius 1 is 1.06 bits per heavy atom. The van der Waals surface area contributed by atoms with Gasteiger partial charge in [0.25, 0.3) is 0 Å². The van der Waals surface area contributed by atoms with Gasteiger partial charge in [0, 0.05) is 11.6 Å². The van der Waals surface area contributed by atoms with Gasteiger partial charge < -0.3 is 5.73 Å². The van der Waals surface area contributed by atoms with E-state index in [2.05, 4.69) is 6.92 Å². The average molecular weight is 241 g/mol. The van der Waals surface area contributed by atoms with Crippen molar-refractivity contribution in [2.45, 2.75) is 51.5 Å². The van der Waals surface area contributed by atoms with Gasteiger partial charge in [0.15, 0.2) is 0 Å². The lowest BCUT2D eigenvalue weighted by Gasteiger charge is -2.13. The van der Waals surface area contributed by atoms with Crippen LogP contribution in [0.15, 0.2) is 18.2 Å². The fraction of sp³-hybridized carbons (Fsp3) is 0.571. The molecule has 1 unspecified atom stereocenters. The minimum Gasteiger partial charge on any atom is -0.324 e. The maximum absolute atomic E-state index is 13.4. The Kier molecular flexibility index (Phi) is 6.12. The van der Waals surface area contributed by atoms with Crippen LogP contribution >= 0.6 is 0 Å². The molecule has 0 aliphatic carbocycles. The average Bonchev–Trinajstić information content (AvgIpc) is 2.28. The van der Waals surface area contributed by atoms with E-state index in [9.17, 15) is 8.78 Å². The molecule has 1 rings (SSSR count). The van der Waals surface area contributed by atoms with Crippen LogP contribution in [0.5, 0.6) is 0 Å². The summed E-state index contributed by atoms with van der Waals surface area (Å²) in [5.41, 5.74) is 5.86. The third-order valence-electron chi connectivity index (χ3n) is 2.99. The predicted molar refractivity (Wildman–Crippen MR) is 66.7 cm³/mol. The molecule has 3 heteroatoms. The topological polar surface area (TPSA) is 26.0 Å². The van der Waals surface area contributed by atoms with Crippen molar-refractivity contribution in [2.75, 3.05) is 0 Å². The fourth-order valence-corrected chi connectivity index (χ4v) is 1.98. The number of unbranched alkanes of at least 4 members (excludes halogenated alkanes) is 4. The number of benzene rings is 1. The fourth-order valence-electron chi connectivity index (χ4n) is 1.98. The van der Waals surface area contributed by atoms with Crippen molar-refractivity contribution in [3.63, 3.8) is 0 Å². The molecule has 0 aromatic heterocycles. The predicted octanol–water partition coefficient (Wildman–Crippen LogP) is 4.33. The number of nitrogens with two attached hydrogens (primary N) is 1. The van der Waals surface area contributed by atoms with Crippen LogP contribution in [0.25, 0.3) is 0 Å². The molecule has 0 aliphatic rings. The van der Waals surface area contributed by atoms with Crippen molar-refractivity contribution >= 4 is 0 Å². The smallest absolute Gasteiger partial charge is 0.130 e. The van der Waals surface area contributed by atoms with Gasteiger partial charge in [-0.25, -0.2) is 8.78 Å². The maximum atomic E-state index is 13.4. The van der Waals surface area contributed by atoms with E-state index in [0.717, 1.165) is 12.8 Å². The summed E-state index contributed by atoms with van der Waals surface area (Å²) in [7, 11) is 0. The van der Waals surface area contributed by atoms with E-state index < -0.39 is 17.7 Å². The summed E-state index contributed by atoms with van der Waals surface area (Å²) in [5.74, 6) is -1.07. The second-order valence-corrected chi connectivity index (χ2v) is 4.44. The first kappa shape index (κ1) is 14.1. The van der Waals surface area contributed by atoms with E-state index in [0.29, 0.717) is 6.42 Å². The first-order valence-corrected chi connectivity index (χ1v) is 6.36. The monoisotopic (exact) mass is 241 g/mol. The molecule has 1 aromatic carbocycles. The normalized spacial score (nSPS) is 12.7. The highest BCUT2D eigenvalue weighted by Crippen LogP contribution is 2.23. The van der Waals surface area contributed by atoms with E-state index in [1.54, 1.807) is 0 Å². The van der Waals surface area contributed by atoms with Crippen LogP contribution in [-0.2, 0) is 0 Å². The second-order valence-electron chi connectivity index (χ2n) is 4.44. The largest absolute Gasteiger partial charge is 0.324 e. The molecule has 1 atom stereocenters. The van der Waals surface area contributed by atoms with Crippen molar-refractivity contribution in [1.29, 1.82) is 0 Å². The van der Waals surface area contributed by atoms with E-state index in [1.807, 2.05) is 0 Å². The van der Waals surface area contributed by atoms with E-state index in [1.165, 1.54) is 37.5 Å². The first-order valence-electron chi connectivity index (χ1n) is 6.36. The molecule has 0 spiro atoms. The zero-order valence-corrected chi connectivity index (χ0v) is 10.4. The zero-order chi connectivity index (χ0) is 12.7. The van der Waals surface area contributed by atoms with Gasteiger partial charge in [-0.1, -0.05) is 45.1 Å². The van der Waals surface area contributed by atoms with Gasteiger partial charge in [0.2, 0.25) is 0 Å². The summed E-state index contributed by atoms with van der Waals surface area (Å²) in [5, 5.41) is 0. The van der Waals surface area contributed by atoms with E-state index in [-0.39, 0.29) is 5.56 Å². The molecule has 1 nitrogen and oxygen atoms in total. The van der Waals surface area contributed by atoms with Crippen LogP contribution in [0.2, 0.25) is 0 Å². The number of rotatable bonds is 7. The van der Waals surface area contributed by atoms with Gasteiger partial charge in [-0.05, 0) is 18.6 Å². The molecule has 0 heterocycles. The summed E-state index contributed by atoms with van der Waals surface area (Å²) in [6.45, 7) is 2.15. The molecular weight excluding hydrogens is 220 g/mol. The highest BCUT2D eigenvalue weighted by molar-refractivity contribution is 5.22. The summed E-state index contributed by atoms with van der Waals surface area (Å²) in [4.78, 5) is 0. The van der Waals surface area contributed by atoms with Gasteiger partial charge >= 0.3 is 0 Å². The number of hydrogen-bond acceptors (Lipinski definition) is 1. The second kappa shape index (κ2) is 7.38. The quantitative estimate of drug-likeness (QED) is 0.707. The molecule has 17 heavy (non-hydrogen) atoms. The van der Waals surface area contributed by atoms with Gasteiger partial charge in [-0.3, -0.25) is 0 Å². The first-order chi connectivity index (χ1) is 8.16. The Labute approximate surface area is 102 Å². The highest BCUT2D eigenvalue weighted by atomic mass is 19.1. The molecule has 0 amide bonds. The van der Waals surface area contributed by atoms with Crippen LogP contribution in [0, 0.1) is 11.6 Å². The standard InChI is InChI=1S/C14H21F2N/c1-2-3-4-5-6-10-13(17)14-11(15)8-7-9-12(14)16/h7-9,13H,2-6,10,17H2,1H3. The van der Waals surface area contributed by atoms with Crippen molar-refractivity contribution in [1.82, 2.24) is 0 Å². The van der Waals surface area contributed by atoms with Crippen molar-refractivity contribution in [3.05, 3.63) is 35.4 Å². The Hall–Kier alpha value is -0.960. The maximum Gasteiger partial charge on any atom is 0.130 e. The third-order valence-corrected chi connectivity index (χ3v) is 2.99. The minimum absolute atomic E-state index is 0.0305. The molecule has 0 aliphatic heterocycles. The lowest BCUT2D eigenvalue weighted by Crippen LogP contribution is -2.14. The summed E-state index contributed by atoms with van der Waals surface area (Å²) >= 11 is 0. The lowest BCUT2D eigenvalue weighted by molar-refractivity contribution is 0.492. The lowest BCUT2D eigenvalue weighted by atomic mass is 9.99. The highest BCUT2D eigenvalue weighted by Gasteiger charge is 2.15. The zero-order valence-electron chi connectivity index (χ0n) is 10.4. The number of hydrogen-bond donors (Lipinski definition) is 1. The number of halogens is 2. The Balaban J connectivity index is 2.44. The van der Waals surface area contributed by atoms with Crippen LogP contribution < -0.4 is 5.73 Å². The Morgan fingerprint density at radius 3 is 2.24 bits per heavy atom. The molecule has 0 fully saturated rings. The minimum atomic E-state index is -0.536. The molecule has 2 N–H and O–H groups in total. The molecule has 0 saturated carbocycles. The van der Waals surface area contributed by atoms with Crippen molar-refractivity contribution < 1.29 is 8.78 Å². The van der Waals surface area contributed by atoms with Gasteiger partial charge in [-0.2, -0.15) is 0 Å². The molecule has 1 aromatic rings. The van der Waals surface area contributed by atoms with Crippen molar-refractivity contribution in [2.24, 2.45) is 5.73 Å². The Morgan fingerprint density at radius 2 is 1.65 bits per heavy atom. The van der Waals surface area contributed by atoms with Gasteiger partial charge in [0.1, 0.15) is 11.6 Å². The van der Waals surface area contributed by atoms with Crippen LogP contribution in [0.1, 0.15) is 57.1 Å². The van der Waals surface area contributed by atoms with Crippen LogP contribution in [-0.4, -0.2) is 0 Å².